The maximum Gasteiger partial charge on any atom is 0.333 e. The molecule has 2 aliphatic rings. The molecular formula is C41H39Cl4F2N3O6. The van der Waals surface area contributed by atoms with Gasteiger partial charge in [-0.2, -0.15) is 0 Å². The summed E-state index contributed by atoms with van der Waals surface area (Å²) in [5.74, 6) is -3.38. The van der Waals surface area contributed by atoms with Gasteiger partial charge in [-0.3, -0.25) is 9.59 Å². The van der Waals surface area contributed by atoms with E-state index in [0.29, 0.717) is 28.1 Å². The average molecular weight is 850 g/mol. The first-order valence-corrected chi connectivity index (χ1v) is 19.6. The van der Waals surface area contributed by atoms with Crippen LogP contribution in [0, 0.1) is 25.5 Å². The van der Waals surface area contributed by atoms with Gasteiger partial charge >= 0.3 is 11.9 Å². The summed E-state index contributed by atoms with van der Waals surface area (Å²) in [6, 6.07) is 12.8. The molecule has 6 rings (SSSR count). The van der Waals surface area contributed by atoms with E-state index < -0.39 is 36.0 Å². The predicted molar refractivity (Wildman–Crippen MR) is 214 cm³/mol. The molecule has 0 unspecified atom stereocenters. The molecule has 0 radical (unpaired) electrons. The predicted octanol–water partition coefficient (Wildman–Crippen LogP) is 10.3. The molecule has 1 amide bonds. The number of halogens is 6. The van der Waals surface area contributed by atoms with Crippen molar-refractivity contribution in [3.8, 4) is 11.5 Å². The summed E-state index contributed by atoms with van der Waals surface area (Å²) in [6.45, 7) is 2.77. The zero-order chi connectivity index (χ0) is 40.1. The van der Waals surface area contributed by atoms with E-state index in [9.17, 15) is 14.4 Å². The lowest BCUT2D eigenvalue weighted by molar-refractivity contribution is -0.158. The van der Waals surface area contributed by atoms with Crippen molar-refractivity contribution in [2.24, 2.45) is 0 Å². The molecule has 0 aliphatic heterocycles. The molecule has 2 fully saturated rings. The topological polar surface area (TPSA) is 115 Å². The lowest BCUT2D eigenvalue weighted by Gasteiger charge is -2.28. The standard InChI is InChI=1S/C41H39Cl4F2N3O6/c1-21-9-25(37(46)33(11-21)49-27-5-3-6-27)19-54-39-29(42)13-23(14-30(39)43)15-35(51)56-36(52)18-48-41(53)24-16-31(44)40(32(45)17-24)55-20-26-10-22(2)12-34(38(26)47)50-28-7-4-8-28/h9-14,16-17,27-28,49-50H,3-8,15,18-20H2,1-2H3,(H,48,53). The van der Waals surface area contributed by atoms with Crippen LogP contribution in [-0.2, 0) is 34.0 Å². The van der Waals surface area contributed by atoms with E-state index in [2.05, 4.69) is 16.0 Å². The van der Waals surface area contributed by atoms with E-state index in [1.165, 1.54) is 24.3 Å². The SMILES string of the molecule is Cc1cc(COc2c(Cl)cc(CC(=O)OC(=O)CNC(=O)c3cc(Cl)c(OCc4cc(C)cc(NC5CCC5)c4F)c(Cl)c3)cc2Cl)c(F)c(NC2CCC2)c1. The lowest BCUT2D eigenvalue weighted by Crippen LogP contribution is -2.32. The number of anilines is 2. The third kappa shape index (κ3) is 10.4. The molecule has 2 saturated carbocycles. The summed E-state index contributed by atoms with van der Waals surface area (Å²) in [4.78, 5) is 37.8. The van der Waals surface area contributed by atoms with E-state index in [0.717, 1.165) is 49.7 Å². The number of aryl methyl sites for hydroxylation is 2. The largest absolute Gasteiger partial charge is 0.486 e. The highest BCUT2D eigenvalue weighted by Gasteiger charge is 2.23. The fourth-order valence-electron chi connectivity index (χ4n) is 6.25. The van der Waals surface area contributed by atoms with Crippen molar-refractivity contribution in [3.63, 3.8) is 0 Å². The van der Waals surface area contributed by atoms with Gasteiger partial charge in [0.15, 0.2) is 23.1 Å². The van der Waals surface area contributed by atoms with Crippen LogP contribution in [0.2, 0.25) is 20.1 Å². The van der Waals surface area contributed by atoms with Gasteiger partial charge in [0.2, 0.25) is 0 Å². The summed E-state index contributed by atoms with van der Waals surface area (Å²) in [5.41, 5.74) is 3.50. The number of hydrogen-bond acceptors (Lipinski definition) is 8. The molecular weight excluding hydrogens is 810 g/mol. The normalized spacial score (nSPS) is 14.0. The minimum absolute atomic E-state index is 0.00250. The van der Waals surface area contributed by atoms with Crippen LogP contribution in [0.4, 0.5) is 20.2 Å². The molecule has 4 aromatic carbocycles. The fourth-order valence-corrected chi connectivity index (χ4v) is 7.49. The number of nitrogens with one attached hydrogen (secondary N) is 3. The van der Waals surface area contributed by atoms with Crippen molar-refractivity contribution < 1.29 is 37.4 Å². The first-order valence-electron chi connectivity index (χ1n) is 18.1. The summed E-state index contributed by atoms with van der Waals surface area (Å²) >= 11 is 25.6. The Balaban J connectivity index is 0.982. The Hall–Kier alpha value is -4.29. The lowest BCUT2D eigenvalue weighted by atomic mass is 9.92. The molecule has 0 heterocycles. The van der Waals surface area contributed by atoms with Crippen LogP contribution < -0.4 is 25.4 Å². The monoisotopic (exact) mass is 847 g/mol. The Morgan fingerprint density at radius 3 is 1.54 bits per heavy atom. The summed E-state index contributed by atoms with van der Waals surface area (Å²) < 4.78 is 46.9. The molecule has 0 spiro atoms. The number of esters is 2. The highest BCUT2D eigenvalue weighted by molar-refractivity contribution is 6.38. The Bertz CT molecular complexity index is 2120. The zero-order valence-electron chi connectivity index (χ0n) is 30.6. The molecule has 3 N–H and O–H groups in total. The molecule has 0 atom stereocenters. The number of hydrogen-bond donors (Lipinski definition) is 3. The molecule has 0 saturated heterocycles. The average Bonchev–Trinajstić information content (AvgIpc) is 3.09. The van der Waals surface area contributed by atoms with Crippen molar-refractivity contribution in [1.82, 2.24) is 5.32 Å². The van der Waals surface area contributed by atoms with Gasteiger partial charge in [0.1, 0.15) is 19.8 Å². The number of benzene rings is 4. The minimum atomic E-state index is -1.03. The Morgan fingerprint density at radius 2 is 1.11 bits per heavy atom. The number of carbonyl (C=O) groups is 3. The smallest absolute Gasteiger partial charge is 0.333 e. The van der Waals surface area contributed by atoms with Crippen LogP contribution >= 0.6 is 46.4 Å². The fraction of sp³-hybridized carbons (Fsp3) is 0.341. The van der Waals surface area contributed by atoms with Gasteiger partial charge in [0.05, 0.1) is 37.9 Å². The van der Waals surface area contributed by atoms with Crippen LogP contribution in [0.15, 0.2) is 48.5 Å². The van der Waals surface area contributed by atoms with Crippen molar-refractivity contribution >= 4 is 75.6 Å². The summed E-state index contributed by atoms with van der Waals surface area (Å²) in [6.07, 6.45) is 5.81. The van der Waals surface area contributed by atoms with Gasteiger partial charge in [-0.25, -0.2) is 13.6 Å². The first-order chi connectivity index (χ1) is 26.7. The summed E-state index contributed by atoms with van der Waals surface area (Å²) in [5, 5.41) is 8.94. The molecule has 56 heavy (non-hydrogen) atoms. The van der Waals surface area contributed by atoms with E-state index in [1.807, 2.05) is 13.8 Å². The molecule has 15 heteroatoms. The van der Waals surface area contributed by atoms with E-state index in [4.69, 9.17) is 60.6 Å². The molecule has 0 aromatic heterocycles. The van der Waals surface area contributed by atoms with Gasteiger partial charge in [0, 0.05) is 28.8 Å². The highest BCUT2D eigenvalue weighted by atomic mass is 35.5. The van der Waals surface area contributed by atoms with Crippen LogP contribution in [-0.4, -0.2) is 36.5 Å². The van der Waals surface area contributed by atoms with Crippen molar-refractivity contribution in [3.05, 3.63) is 114 Å². The Kier molecular flexibility index (Phi) is 13.5. The van der Waals surface area contributed by atoms with Crippen molar-refractivity contribution in [1.29, 1.82) is 0 Å². The maximum atomic E-state index is 15.2. The van der Waals surface area contributed by atoms with Crippen molar-refractivity contribution in [2.75, 3.05) is 17.2 Å². The van der Waals surface area contributed by atoms with E-state index in [-0.39, 0.29) is 68.9 Å². The quantitative estimate of drug-likeness (QED) is 0.0800. The first kappa shape index (κ1) is 41.3. The number of amides is 1. The molecule has 4 aromatic rings. The highest BCUT2D eigenvalue weighted by Crippen LogP contribution is 2.37. The van der Waals surface area contributed by atoms with Gasteiger partial charge in [-0.15, -0.1) is 0 Å². The van der Waals surface area contributed by atoms with Crippen LogP contribution in [0.3, 0.4) is 0 Å². The number of ether oxygens (including phenoxy) is 3. The molecule has 9 nitrogen and oxygen atoms in total. The summed E-state index contributed by atoms with van der Waals surface area (Å²) in [7, 11) is 0. The van der Waals surface area contributed by atoms with Crippen molar-refractivity contribution in [2.45, 2.75) is 84.1 Å². The second kappa shape index (κ2) is 18.3. The number of rotatable bonds is 15. The molecule has 296 valence electrons. The Morgan fingerprint density at radius 1 is 0.661 bits per heavy atom. The molecule has 0 bridgehead atoms. The van der Waals surface area contributed by atoms with Gasteiger partial charge < -0.3 is 30.2 Å². The second-order valence-electron chi connectivity index (χ2n) is 14.1. The number of carbonyl (C=O) groups excluding carboxylic acids is 3. The minimum Gasteiger partial charge on any atom is -0.486 e. The molecule has 2 aliphatic carbocycles. The van der Waals surface area contributed by atoms with E-state index >= 15 is 8.78 Å². The third-order valence-corrected chi connectivity index (χ3v) is 10.7. The van der Waals surface area contributed by atoms with Gasteiger partial charge in [-0.1, -0.05) is 46.4 Å². The van der Waals surface area contributed by atoms with Gasteiger partial charge in [-0.05, 0) is 118 Å². The third-order valence-electron chi connectivity index (χ3n) is 9.55. The second-order valence-corrected chi connectivity index (χ2v) is 15.7. The van der Waals surface area contributed by atoms with Gasteiger partial charge in [0.25, 0.3) is 5.91 Å². The maximum absolute atomic E-state index is 15.2. The van der Waals surface area contributed by atoms with Crippen LogP contribution in [0.5, 0.6) is 11.5 Å². The van der Waals surface area contributed by atoms with E-state index in [1.54, 1.807) is 24.3 Å². The zero-order valence-corrected chi connectivity index (χ0v) is 33.6. The Labute approximate surface area is 343 Å². The van der Waals surface area contributed by atoms with Crippen LogP contribution in [0.1, 0.15) is 76.7 Å². The van der Waals surface area contributed by atoms with Crippen LogP contribution in [0.25, 0.3) is 0 Å².